The Labute approximate surface area is 214 Å². The summed E-state index contributed by atoms with van der Waals surface area (Å²) in [6.07, 6.45) is 1.50. The summed E-state index contributed by atoms with van der Waals surface area (Å²) < 4.78 is 11.0. The fourth-order valence-corrected chi connectivity index (χ4v) is 4.21. The molecule has 4 rings (SSSR count). The Bertz CT molecular complexity index is 1490. The van der Waals surface area contributed by atoms with E-state index in [4.69, 9.17) is 14.5 Å². The number of anilines is 2. The number of hydrogen-bond acceptors (Lipinski definition) is 7. The maximum atomic E-state index is 13.1. The minimum absolute atomic E-state index is 0.0478. The SMILES string of the molecule is CCCc1c(NC(=O)c2cccc(C(=O)O)c2)cccc1-c1nc(NC)nc2cc(OC)c(OC)cc12. The first-order valence-electron chi connectivity index (χ1n) is 11.8. The molecule has 1 amide bonds. The molecule has 0 fully saturated rings. The molecule has 1 aromatic heterocycles. The predicted molar refractivity (Wildman–Crippen MR) is 143 cm³/mol. The molecule has 0 spiro atoms. The van der Waals surface area contributed by atoms with Crippen molar-refractivity contribution < 1.29 is 24.2 Å². The van der Waals surface area contributed by atoms with Crippen LogP contribution in [0.15, 0.2) is 54.6 Å². The topological polar surface area (TPSA) is 123 Å². The first kappa shape index (κ1) is 25.4. The maximum Gasteiger partial charge on any atom is 0.335 e. The minimum Gasteiger partial charge on any atom is -0.493 e. The van der Waals surface area contributed by atoms with E-state index in [-0.39, 0.29) is 11.1 Å². The number of carboxylic acid groups (broad SMARTS) is 1. The van der Waals surface area contributed by atoms with Gasteiger partial charge in [-0.15, -0.1) is 0 Å². The second kappa shape index (κ2) is 10.9. The molecule has 0 radical (unpaired) electrons. The van der Waals surface area contributed by atoms with Crippen molar-refractivity contribution in [1.82, 2.24) is 9.97 Å². The van der Waals surface area contributed by atoms with E-state index in [1.807, 2.05) is 24.3 Å². The van der Waals surface area contributed by atoms with Crippen LogP contribution in [0.3, 0.4) is 0 Å². The maximum absolute atomic E-state index is 13.1. The molecule has 0 atom stereocenters. The number of methoxy groups -OCH3 is 2. The van der Waals surface area contributed by atoms with E-state index in [0.29, 0.717) is 40.8 Å². The predicted octanol–water partition coefficient (Wildman–Crippen LogP) is 5.26. The second-order valence-corrected chi connectivity index (χ2v) is 8.29. The van der Waals surface area contributed by atoms with Crippen molar-refractivity contribution >= 4 is 34.4 Å². The minimum atomic E-state index is -1.09. The van der Waals surface area contributed by atoms with Gasteiger partial charge < -0.3 is 25.2 Å². The summed E-state index contributed by atoms with van der Waals surface area (Å²) in [5.74, 6) is 0.0628. The van der Waals surface area contributed by atoms with Crippen molar-refractivity contribution in [3.8, 4) is 22.8 Å². The number of benzene rings is 3. The third-order valence-corrected chi connectivity index (χ3v) is 5.98. The zero-order valence-corrected chi connectivity index (χ0v) is 21.1. The lowest BCUT2D eigenvalue weighted by Gasteiger charge is -2.18. The smallest absolute Gasteiger partial charge is 0.335 e. The number of hydrogen-bond donors (Lipinski definition) is 3. The van der Waals surface area contributed by atoms with Crippen LogP contribution >= 0.6 is 0 Å². The van der Waals surface area contributed by atoms with Gasteiger partial charge in [-0.2, -0.15) is 0 Å². The van der Waals surface area contributed by atoms with E-state index in [1.165, 1.54) is 12.1 Å². The molecular weight excluding hydrogens is 472 g/mol. The van der Waals surface area contributed by atoms with E-state index >= 15 is 0 Å². The summed E-state index contributed by atoms with van der Waals surface area (Å²) in [7, 11) is 4.90. The molecule has 3 N–H and O–H groups in total. The molecule has 37 heavy (non-hydrogen) atoms. The Morgan fingerprint density at radius 1 is 0.946 bits per heavy atom. The number of aromatic nitrogens is 2. The molecule has 9 nitrogen and oxygen atoms in total. The van der Waals surface area contributed by atoms with E-state index in [2.05, 4.69) is 22.5 Å². The summed E-state index contributed by atoms with van der Waals surface area (Å²) in [4.78, 5) is 33.8. The van der Waals surface area contributed by atoms with Crippen LogP contribution in [-0.4, -0.2) is 48.2 Å². The monoisotopic (exact) mass is 500 g/mol. The molecule has 0 unspecified atom stereocenters. The molecular formula is C28H28N4O5. The molecule has 4 aromatic rings. The molecule has 0 aliphatic rings. The third-order valence-electron chi connectivity index (χ3n) is 5.98. The number of carbonyl (C=O) groups excluding carboxylic acids is 1. The molecule has 190 valence electrons. The molecule has 1 heterocycles. The van der Waals surface area contributed by atoms with Crippen LogP contribution in [0.1, 0.15) is 39.6 Å². The lowest BCUT2D eigenvalue weighted by Crippen LogP contribution is -2.14. The van der Waals surface area contributed by atoms with Gasteiger partial charge in [0, 0.05) is 35.3 Å². The largest absolute Gasteiger partial charge is 0.493 e. The lowest BCUT2D eigenvalue weighted by atomic mass is 9.95. The number of rotatable bonds is 9. The normalized spacial score (nSPS) is 10.7. The van der Waals surface area contributed by atoms with Crippen molar-refractivity contribution in [3.63, 3.8) is 0 Å². The molecule has 0 saturated carbocycles. The molecule has 0 aliphatic carbocycles. The average molecular weight is 501 g/mol. The number of carboxylic acids is 1. The quantitative estimate of drug-likeness (QED) is 0.284. The van der Waals surface area contributed by atoms with E-state index in [9.17, 15) is 14.7 Å². The van der Waals surface area contributed by atoms with Crippen molar-refractivity contribution in [2.75, 3.05) is 31.9 Å². The highest BCUT2D eigenvalue weighted by molar-refractivity contribution is 6.06. The molecule has 0 bridgehead atoms. The van der Waals surface area contributed by atoms with Crippen molar-refractivity contribution in [2.24, 2.45) is 0 Å². The van der Waals surface area contributed by atoms with Crippen molar-refractivity contribution in [1.29, 1.82) is 0 Å². The highest BCUT2D eigenvalue weighted by Gasteiger charge is 2.19. The summed E-state index contributed by atoms with van der Waals surface area (Å²) in [6, 6.07) is 15.2. The van der Waals surface area contributed by atoms with Gasteiger partial charge in [0.2, 0.25) is 5.95 Å². The van der Waals surface area contributed by atoms with Gasteiger partial charge in [0.25, 0.3) is 5.91 Å². The zero-order chi connectivity index (χ0) is 26.5. The van der Waals surface area contributed by atoms with Crippen LogP contribution in [0.2, 0.25) is 0 Å². The standard InChI is InChI=1S/C28H28N4O5/c1-5-8-18-19(11-7-12-21(18)30-26(33)16-9-6-10-17(13-16)27(34)35)25-20-14-23(36-3)24(37-4)15-22(20)31-28(29-2)32-25/h6-7,9-15H,5,8H2,1-4H3,(H,30,33)(H,34,35)(H,29,31,32). The Morgan fingerprint density at radius 2 is 1.65 bits per heavy atom. The van der Waals surface area contributed by atoms with Crippen LogP contribution in [-0.2, 0) is 6.42 Å². The van der Waals surface area contributed by atoms with E-state index < -0.39 is 11.9 Å². The molecule has 0 saturated heterocycles. The highest BCUT2D eigenvalue weighted by Crippen LogP contribution is 2.39. The number of amides is 1. The Kier molecular flexibility index (Phi) is 7.52. The molecule has 3 aromatic carbocycles. The lowest BCUT2D eigenvalue weighted by molar-refractivity contribution is 0.0697. The van der Waals surface area contributed by atoms with Crippen LogP contribution in [0, 0.1) is 0 Å². The van der Waals surface area contributed by atoms with Crippen LogP contribution in [0.25, 0.3) is 22.2 Å². The summed E-state index contributed by atoms with van der Waals surface area (Å²) in [5, 5.41) is 16.0. The van der Waals surface area contributed by atoms with E-state index in [1.54, 1.807) is 39.5 Å². The fraction of sp³-hybridized carbons (Fsp3) is 0.214. The number of aromatic carboxylic acids is 1. The molecule has 9 heteroatoms. The fourth-order valence-electron chi connectivity index (χ4n) is 4.21. The number of fused-ring (bicyclic) bond motifs is 1. The highest BCUT2D eigenvalue weighted by atomic mass is 16.5. The van der Waals surface area contributed by atoms with Crippen LogP contribution in [0.4, 0.5) is 11.6 Å². The summed E-state index contributed by atoms with van der Waals surface area (Å²) in [5.41, 5.74) is 4.04. The first-order chi connectivity index (χ1) is 17.9. The van der Waals surface area contributed by atoms with Gasteiger partial charge >= 0.3 is 5.97 Å². The molecule has 0 aliphatic heterocycles. The second-order valence-electron chi connectivity index (χ2n) is 8.29. The van der Waals surface area contributed by atoms with Gasteiger partial charge in [-0.1, -0.05) is 31.5 Å². The van der Waals surface area contributed by atoms with Gasteiger partial charge in [-0.25, -0.2) is 14.8 Å². The van der Waals surface area contributed by atoms with Crippen LogP contribution < -0.4 is 20.1 Å². The van der Waals surface area contributed by atoms with Gasteiger partial charge in [0.05, 0.1) is 31.0 Å². The summed E-state index contributed by atoms with van der Waals surface area (Å²) in [6.45, 7) is 2.06. The number of carbonyl (C=O) groups is 2. The van der Waals surface area contributed by atoms with Crippen molar-refractivity contribution in [2.45, 2.75) is 19.8 Å². The van der Waals surface area contributed by atoms with Crippen LogP contribution in [0.5, 0.6) is 11.5 Å². The Balaban J connectivity index is 1.86. The third kappa shape index (κ3) is 5.16. The average Bonchev–Trinajstić information content (AvgIpc) is 2.92. The van der Waals surface area contributed by atoms with Gasteiger partial charge in [0.1, 0.15) is 0 Å². The van der Waals surface area contributed by atoms with E-state index in [0.717, 1.165) is 22.9 Å². The van der Waals surface area contributed by atoms with Gasteiger partial charge in [-0.05, 0) is 42.3 Å². The van der Waals surface area contributed by atoms with Gasteiger partial charge in [-0.3, -0.25) is 4.79 Å². The number of nitrogens with zero attached hydrogens (tertiary/aromatic N) is 2. The number of ether oxygens (including phenoxy) is 2. The summed E-state index contributed by atoms with van der Waals surface area (Å²) >= 11 is 0. The Hall–Kier alpha value is -4.66. The number of nitrogens with one attached hydrogen (secondary N) is 2. The Morgan fingerprint density at radius 3 is 2.32 bits per heavy atom. The zero-order valence-electron chi connectivity index (χ0n) is 21.1. The van der Waals surface area contributed by atoms with Gasteiger partial charge in [0.15, 0.2) is 11.5 Å². The van der Waals surface area contributed by atoms with Crippen molar-refractivity contribution in [3.05, 3.63) is 71.3 Å². The first-order valence-corrected chi connectivity index (χ1v) is 11.8.